The average molecular weight is 162 g/mol. The Morgan fingerprint density at radius 1 is 1.50 bits per heavy atom. The minimum atomic E-state index is 0.215. The van der Waals surface area contributed by atoms with E-state index in [2.05, 4.69) is 11.1 Å². The number of nitrogens with two attached hydrogens (primary N) is 1. The monoisotopic (exact) mass is 162 g/mol. The third-order valence-corrected chi connectivity index (χ3v) is 2.73. The van der Waals surface area contributed by atoms with Crippen molar-refractivity contribution in [2.75, 3.05) is 0 Å². The quantitative estimate of drug-likeness (QED) is 0.721. The summed E-state index contributed by atoms with van der Waals surface area (Å²) in [6, 6.07) is 4.23. The van der Waals surface area contributed by atoms with Crippen molar-refractivity contribution in [3.05, 3.63) is 30.1 Å². The lowest BCUT2D eigenvalue weighted by atomic mass is 9.78. The lowest BCUT2D eigenvalue weighted by Crippen LogP contribution is -2.26. The number of hydrogen-bond donors (Lipinski definition) is 1. The van der Waals surface area contributed by atoms with E-state index in [-0.39, 0.29) is 6.04 Å². The van der Waals surface area contributed by atoms with E-state index in [9.17, 15) is 0 Å². The zero-order valence-corrected chi connectivity index (χ0v) is 7.11. The van der Waals surface area contributed by atoms with E-state index in [1.54, 1.807) is 6.20 Å². The fourth-order valence-electron chi connectivity index (χ4n) is 1.64. The summed E-state index contributed by atoms with van der Waals surface area (Å²) in [4.78, 5) is 4.07. The number of rotatable bonds is 2. The van der Waals surface area contributed by atoms with Crippen molar-refractivity contribution in [1.29, 1.82) is 0 Å². The van der Waals surface area contributed by atoms with Crippen LogP contribution >= 0.6 is 0 Å². The Labute approximate surface area is 72.8 Å². The molecule has 1 atom stereocenters. The fraction of sp³-hybridized carbons (Fsp3) is 0.500. The summed E-state index contributed by atoms with van der Waals surface area (Å²) in [5.74, 6) is 0.703. The molecule has 0 radical (unpaired) electrons. The lowest BCUT2D eigenvalue weighted by Gasteiger charge is -2.31. The molecule has 1 heterocycles. The van der Waals surface area contributed by atoms with Gasteiger partial charge in [0.05, 0.1) is 0 Å². The molecule has 1 fully saturated rings. The maximum absolute atomic E-state index is 6.06. The van der Waals surface area contributed by atoms with Gasteiger partial charge in [0, 0.05) is 18.4 Å². The third kappa shape index (κ3) is 1.34. The van der Waals surface area contributed by atoms with E-state index < -0.39 is 0 Å². The van der Waals surface area contributed by atoms with Gasteiger partial charge in [-0.25, -0.2) is 0 Å². The van der Waals surface area contributed by atoms with E-state index in [0.29, 0.717) is 5.92 Å². The Kier molecular flexibility index (Phi) is 2.09. The lowest BCUT2D eigenvalue weighted by molar-refractivity contribution is 0.264. The van der Waals surface area contributed by atoms with Crippen LogP contribution in [0.25, 0.3) is 0 Å². The number of hydrogen-bond acceptors (Lipinski definition) is 2. The standard InChI is InChI=1S/C10H14N2/c11-10(8-3-1-4-8)9-5-2-6-12-7-9/h2,5-8,10H,1,3-4,11H2/t10-/m0/s1. The van der Waals surface area contributed by atoms with E-state index >= 15 is 0 Å². The van der Waals surface area contributed by atoms with Crippen molar-refractivity contribution < 1.29 is 0 Å². The zero-order chi connectivity index (χ0) is 8.39. The summed E-state index contributed by atoms with van der Waals surface area (Å²) in [5.41, 5.74) is 7.24. The normalized spacial score (nSPS) is 20.1. The molecular weight excluding hydrogens is 148 g/mol. The molecule has 2 rings (SSSR count). The number of aromatic nitrogens is 1. The van der Waals surface area contributed by atoms with Gasteiger partial charge in [-0.15, -0.1) is 0 Å². The number of pyridine rings is 1. The Morgan fingerprint density at radius 3 is 2.83 bits per heavy atom. The Bertz CT molecular complexity index is 241. The summed E-state index contributed by atoms with van der Waals surface area (Å²) < 4.78 is 0. The number of nitrogens with zero attached hydrogens (tertiary/aromatic N) is 1. The minimum Gasteiger partial charge on any atom is -0.324 e. The molecule has 1 aliphatic carbocycles. The summed E-state index contributed by atoms with van der Waals surface area (Å²) in [7, 11) is 0. The predicted octanol–water partition coefficient (Wildman–Crippen LogP) is 1.88. The van der Waals surface area contributed by atoms with Gasteiger partial charge in [0.25, 0.3) is 0 Å². The first-order valence-electron chi connectivity index (χ1n) is 4.53. The minimum absolute atomic E-state index is 0.215. The molecule has 1 aliphatic rings. The van der Waals surface area contributed by atoms with Gasteiger partial charge < -0.3 is 5.73 Å². The fourth-order valence-corrected chi connectivity index (χ4v) is 1.64. The van der Waals surface area contributed by atoms with Gasteiger partial charge >= 0.3 is 0 Å². The van der Waals surface area contributed by atoms with Crippen molar-refractivity contribution in [2.24, 2.45) is 11.7 Å². The second-order valence-electron chi connectivity index (χ2n) is 3.50. The molecule has 0 bridgehead atoms. The van der Waals surface area contributed by atoms with Crippen molar-refractivity contribution in [3.63, 3.8) is 0 Å². The van der Waals surface area contributed by atoms with E-state index in [1.165, 1.54) is 24.8 Å². The van der Waals surface area contributed by atoms with Crippen LogP contribution in [0.3, 0.4) is 0 Å². The van der Waals surface area contributed by atoms with Gasteiger partial charge in [-0.3, -0.25) is 4.98 Å². The van der Waals surface area contributed by atoms with Crippen LogP contribution in [0, 0.1) is 5.92 Å². The molecule has 2 N–H and O–H groups in total. The molecule has 0 saturated heterocycles. The Morgan fingerprint density at radius 2 is 2.33 bits per heavy atom. The molecular formula is C10H14N2. The molecule has 12 heavy (non-hydrogen) atoms. The van der Waals surface area contributed by atoms with E-state index in [0.717, 1.165) is 0 Å². The van der Waals surface area contributed by atoms with E-state index in [1.807, 2.05) is 12.3 Å². The van der Waals surface area contributed by atoms with Gasteiger partial charge in [0.2, 0.25) is 0 Å². The molecule has 2 nitrogen and oxygen atoms in total. The van der Waals surface area contributed by atoms with Crippen LogP contribution in [-0.4, -0.2) is 4.98 Å². The first kappa shape index (κ1) is 7.74. The molecule has 0 aromatic carbocycles. The first-order valence-corrected chi connectivity index (χ1v) is 4.53. The van der Waals surface area contributed by atoms with Crippen molar-refractivity contribution >= 4 is 0 Å². The molecule has 0 spiro atoms. The summed E-state index contributed by atoms with van der Waals surface area (Å²) in [5, 5.41) is 0. The van der Waals surface area contributed by atoms with Crippen LogP contribution in [-0.2, 0) is 0 Å². The summed E-state index contributed by atoms with van der Waals surface area (Å²) in [6.45, 7) is 0. The van der Waals surface area contributed by atoms with Crippen LogP contribution in [0.4, 0.5) is 0 Å². The van der Waals surface area contributed by atoms with Crippen molar-refractivity contribution in [2.45, 2.75) is 25.3 Å². The van der Waals surface area contributed by atoms with E-state index in [4.69, 9.17) is 5.73 Å². The molecule has 2 heteroatoms. The second kappa shape index (κ2) is 3.23. The van der Waals surface area contributed by atoms with Crippen LogP contribution < -0.4 is 5.73 Å². The van der Waals surface area contributed by atoms with Gasteiger partial charge in [-0.1, -0.05) is 12.5 Å². The van der Waals surface area contributed by atoms with Gasteiger partial charge in [0.1, 0.15) is 0 Å². The highest BCUT2D eigenvalue weighted by atomic mass is 14.7. The largest absolute Gasteiger partial charge is 0.324 e. The highest BCUT2D eigenvalue weighted by Gasteiger charge is 2.25. The Balaban J connectivity index is 2.08. The van der Waals surface area contributed by atoms with Gasteiger partial charge in [0.15, 0.2) is 0 Å². The Hall–Kier alpha value is -0.890. The summed E-state index contributed by atoms with van der Waals surface area (Å²) >= 11 is 0. The average Bonchev–Trinajstić information content (AvgIpc) is 2.03. The molecule has 0 amide bonds. The molecule has 0 aliphatic heterocycles. The summed E-state index contributed by atoms with van der Waals surface area (Å²) in [6.07, 6.45) is 7.59. The third-order valence-electron chi connectivity index (χ3n) is 2.73. The SMILES string of the molecule is N[C@H](c1cccnc1)C1CCC1. The topological polar surface area (TPSA) is 38.9 Å². The molecule has 64 valence electrons. The molecule has 0 unspecified atom stereocenters. The predicted molar refractivity (Wildman–Crippen MR) is 48.5 cm³/mol. The van der Waals surface area contributed by atoms with Crippen molar-refractivity contribution in [1.82, 2.24) is 4.98 Å². The van der Waals surface area contributed by atoms with Crippen LogP contribution in [0.15, 0.2) is 24.5 Å². The smallest absolute Gasteiger partial charge is 0.0338 e. The molecule has 1 aromatic rings. The molecule has 1 saturated carbocycles. The van der Waals surface area contributed by atoms with Crippen LogP contribution in [0.2, 0.25) is 0 Å². The van der Waals surface area contributed by atoms with Gasteiger partial charge in [-0.2, -0.15) is 0 Å². The second-order valence-corrected chi connectivity index (χ2v) is 3.50. The van der Waals surface area contributed by atoms with Crippen molar-refractivity contribution in [3.8, 4) is 0 Å². The zero-order valence-electron chi connectivity index (χ0n) is 7.11. The van der Waals surface area contributed by atoms with Crippen LogP contribution in [0.1, 0.15) is 30.9 Å². The maximum atomic E-state index is 6.06. The first-order chi connectivity index (χ1) is 5.88. The van der Waals surface area contributed by atoms with Gasteiger partial charge in [-0.05, 0) is 30.4 Å². The molecule has 1 aromatic heterocycles. The highest BCUT2D eigenvalue weighted by molar-refractivity contribution is 5.14. The van der Waals surface area contributed by atoms with Crippen LogP contribution in [0.5, 0.6) is 0 Å². The maximum Gasteiger partial charge on any atom is 0.0338 e. The highest BCUT2D eigenvalue weighted by Crippen LogP contribution is 2.35.